The summed E-state index contributed by atoms with van der Waals surface area (Å²) in [5.74, 6) is 0.708. The number of rotatable bonds is 3. The van der Waals surface area contributed by atoms with E-state index in [0.717, 1.165) is 10.8 Å². The van der Waals surface area contributed by atoms with Gasteiger partial charge < -0.3 is 10.5 Å². The van der Waals surface area contributed by atoms with E-state index in [1.165, 1.54) is 0 Å². The number of fused-ring (bicyclic) bond motifs is 1. The fourth-order valence-corrected chi connectivity index (χ4v) is 1.97. The van der Waals surface area contributed by atoms with Crippen LogP contribution in [0.3, 0.4) is 0 Å². The Kier molecular flexibility index (Phi) is 3.66. The number of benzene rings is 2. The Morgan fingerprint density at radius 1 is 1.11 bits per heavy atom. The fraction of sp³-hybridized carbons (Fsp3) is 0.286. The lowest BCUT2D eigenvalue weighted by Gasteiger charge is -2.15. The molecule has 0 aliphatic carbocycles. The van der Waals surface area contributed by atoms with Crippen LogP contribution in [0.4, 0.5) is 13.2 Å². The molecule has 0 radical (unpaired) electrons. The summed E-state index contributed by atoms with van der Waals surface area (Å²) in [6.45, 7) is 0. The molecular formula is C14H14F3NO. The lowest BCUT2D eigenvalue weighted by molar-refractivity contribution is -0.138. The van der Waals surface area contributed by atoms with Crippen molar-refractivity contribution in [2.45, 2.75) is 18.6 Å². The van der Waals surface area contributed by atoms with Crippen LogP contribution < -0.4 is 10.5 Å². The molecule has 1 unspecified atom stereocenters. The number of alkyl halides is 3. The maximum absolute atomic E-state index is 12.3. The standard InChI is InChI=1S/C14H14F3NO/c1-19-12-5-4-9-6-11(3-2-10(9)7-12)13(18)8-14(15,16)17/h2-7,13H,8,18H2,1H3. The second-order valence-electron chi connectivity index (χ2n) is 4.40. The lowest BCUT2D eigenvalue weighted by Crippen LogP contribution is -2.20. The smallest absolute Gasteiger partial charge is 0.390 e. The third kappa shape index (κ3) is 3.38. The molecule has 0 aliphatic rings. The van der Waals surface area contributed by atoms with Gasteiger partial charge in [-0.15, -0.1) is 0 Å². The van der Waals surface area contributed by atoms with Gasteiger partial charge in [0.05, 0.1) is 13.5 Å². The Balaban J connectivity index is 2.31. The average molecular weight is 269 g/mol. The summed E-state index contributed by atoms with van der Waals surface area (Å²) in [4.78, 5) is 0. The first kappa shape index (κ1) is 13.7. The van der Waals surface area contributed by atoms with E-state index in [9.17, 15) is 13.2 Å². The predicted molar refractivity (Wildman–Crippen MR) is 68.1 cm³/mol. The molecular weight excluding hydrogens is 255 g/mol. The second kappa shape index (κ2) is 5.09. The zero-order valence-corrected chi connectivity index (χ0v) is 10.4. The maximum Gasteiger partial charge on any atom is 0.390 e. The van der Waals surface area contributed by atoms with Gasteiger partial charge in [-0.1, -0.05) is 18.2 Å². The molecule has 5 heteroatoms. The quantitative estimate of drug-likeness (QED) is 0.919. The van der Waals surface area contributed by atoms with Crippen LogP contribution in [0.25, 0.3) is 10.8 Å². The minimum Gasteiger partial charge on any atom is -0.497 e. The van der Waals surface area contributed by atoms with Gasteiger partial charge in [-0.05, 0) is 34.5 Å². The molecule has 0 bridgehead atoms. The minimum atomic E-state index is -4.26. The van der Waals surface area contributed by atoms with Gasteiger partial charge >= 0.3 is 6.18 Å². The molecule has 0 amide bonds. The summed E-state index contributed by atoms with van der Waals surface area (Å²) in [6, 6.07) is 9.42. The number of hydrogen-bond acceptors (Lipinski definition) is 2. The van der Waals surface area contributed by atoms with Crippen molar-refractivity contribution in [3.05, 3.63) is 42.0 Å². The number of halogens is 3. The van der Waals surface area contributed by atoms with E-state index in [0.29, 0.717) is 11.3 Å². The normalized spacial score (nSPS) is 13.5. The summed E-state index contributed by atoms with van der Waals surface area (Å²) in [5.41, 5.74) is 6.07. The van der Waals surface area contributed by atoms with Gasteiger partial charge in [0.2, 0.25) is 0 Å². The van der Waals surface area contributed by atoms with Crippen LogP contribution in [-0.4, -0.2) is 13.3 Å². The zero-order chi connectivity index (χ0) is 14.0. The molecule has 2 aromatic carbocycles. The van der Waals surface area contributed by atoms with Crippen LogP contribution in [0.2, 0.25) is 0 Å². The highest BCUT2D eigenvalue weighted by Gasteiger charge is 2.30. The second-order valence-corrected chi connectivity index (χ2v) is 4.40. The molecule has 0 aliphatic heterocycles. The summed E-state index contributed by atoms with van der Waals surface area (Å²) in [5, 5.41) is 1.75. The number of nitrogens with two attached hydrogens (primary N) is 1. The summed E-state index contributed by atoms with van der Waals surface area (Å²) < 4.78 is 42.0. The van der Waals surface area contributed by atoms with Crippen molar-refractivity contribution in [1.29, 1.82) is 0 Å². The Morgan fingerprint density at radius 3 is 2.37 bits per heavy atom. The lowest BCUT2D eigenvalue weighted by atomic mass is 10.00. The molecule has 2 N–H and O–H groups in total. The van der Waals surface area contributed by atoms with Gasteiger partial charge in [-0.25, -0.2) is 0 Å². The summed E-state index contributed by atoms with van der Waals surface area (Å²) in [6.07, 6.45) is -5.27. The first-order valence-electron chi connectivity index (χ1n) is 5.79. The highest BCUT2D eigenvalue weighted by Crippen LogP contribution is 2.30. The summed E-state index contributed by atoms with van der Waals surface area (Å²) in [7, 11) is 1.56. The number of ether oxygens (including phenoxy) is 1. The van der Waals surface area contributed by atoms with Crippen LogP contribution in [0.1, 0.15) is 18.0 Å². The van der Waals surface area contributed by atoms with E-state index in [1.807, 2.05) is 6.07 Å². The van der Waals surface area contributed by atoms with Crippen LogP contribution in [0, 0.1) is 0 Å². The SMILES string of the molecule is COc1ccc2cc(C(N)CC(F)(F)F)ccc2c1. The molecule has 0 saturated carbocycles. The van der Waals surface area contributed by atoms with E-state index < -0.39 is 18.6 Å². The molecule has 2 aromatic rings. The fourth-order valence-electron chi connectivity index (χ4n) is 1.97. The van der Waals surface area contributed by atoms with Crippen molar-refractivity contribution in [3.8, 4) is 5.75 Å². The van der Waals surface area contributed by atoms with Crippen LogP contribution in [-0.2, 0) is 0 Å². The van der Waals surface area contributed by atoms with E-state index in [2.05, 4.69) is 0 Å². The van der Waals surface area contributed by atoms with Crippen molar-refractivity contribution < 1.29 is 17.9 Å². The molecule has 2 rings (SSSR count). The Hall–Kier alpha value is -1.75. The van der Waals surface area contributed by atoms with Crippen molar-refractivity contribution in [3.63, 3.8) is 0 Å². The number of hydrogen-bond donors (Lipinski definition) is 1. The first-order valence-corrected chi connectivity index (χ1v) is 5.79. The zero-order valence-electron chi connectivity index (χ0n) is 10.4. The van der Waals surface area contributed by atoms with Gasteiger partial charge in [-0.3, -0.25) is 0 Å². The Bertz CT molecular complexity index is 580. The average Bonchev–Trinajstić information content (AvgIpc) is 2.35. The Morgan fingerprint density at radius 2 is 1.74 bits per heavy atom. The highest BCUT2D eigenvalue weighted by molar-refractivity contribution is 5.84. The monoisotopic (exact) mass is 269 g/mol. The molecule has 2 nitrogen and oxygen atoms in total. The maximum atomic E-state index is 12.3. The van der Waals surface area contributed by atoms with Crippen LogP contribution in [0.5, 0.6) is 5.75 Å². The van der Waals surface area contributed by atoms with Gasteiger partial charge in [0.1, 0.15) is 5.75 Å². The molecule has 102 valence electrons. The predicted octanol–water partition coefficient (Wildman–Crippen LogP) is 3.80. The third-order valence-electron chi connectivity index (χ3n) is 2.95. The van der Waals surface area contributed by atoms with Crippen molar-refractivity contribution >= 4 is 10.8 Å². The van der Waals surface area contributed by atoms with Gasteiger partial charge in [0.15, 0.2) is 0 Å². The van der Waals surface area contributed by atoms with E-state index in [4.69, 9.17) is 10.5 Å². The topological polar surface area (TPSA) is 35.2 Å². The van der Waals surface area contributed by atoms with E-state index in [1.54, 1.807) is 37.4 Å². The van der Waals surface area contributed by atoms with Gasteiger partial charge in [0, 0.05) is 6.04 Å². The molecule has 0 fully saturated rings. The van der Waals surface area contributed by atoms with Crippen molar-refractivity contribution in [2.24, 2.45) is 5.73 Å². The number of methoxy groups -OCH3 is 1. The highest BCUT2D eigenvalue weighted by atomic mass is 19.4. The van der Waals surface area contributed by atoms with Crippen LogP contribution >= 0.6 is 0 Å². The van der Waals surface area contributed by atoms with Gasteiger partial charge in [-0.2, -0.15) is 13.2 Å². The third-order valence-corrected chi connectivity index (χ3v) is 2.95. The molecule has 0 spiro atoms. The Labute approximate surface area is 109 Å². The molecule has 19 heavy (non-hydrogen) atoms. The van der Waals surface area contributed by atoms with E-state index >= 15 is 0 Å². The molecule has 0 aromatic heterocycles. The molecule has 0 heterocycles. The molecule has 0 saturated heterocycles. The van der Waals surface area contributed by atoms with Crippen molar-refractivity contribution in [1.82, 2.24) is 0 Å². The van der Waals surface area contributed by atoms with Gasteiger partial charge in [0.25, 0.3) is 0 Å². The van der Waals surface area contributed by atoms with Crippen LogP contribution in [0.15, 0.2) is 36.4 Å². The largest absolute Gasteiger partial charge is 0.497 e. The minimum absolute atomic E-state index is 0.481. The van der Waals surface area contributed by atoms with Crippen molar-refractivity contribution in [2.75, 3.05) is 7.11 Å². The summed E-state index contributed by atoms with van der Waals surface area (Å²) >= 11 is 0. The van der Waals surface area contributed by atoms with E-state index in [-0.39, 0.29) is 0 Å². The first-order chi connectivity index (χ1) is 8.89. The molecule has 1 atom stereocenters.